The van der Waals surface area contributed by atoms with Crippen molar-refractivity contribution in [3.8, 4) is 0 Å². The standard InChI is InChI=1S/C14H24N6/c15-10-6-7-20(9-10)13-8-12(18-14(16)19-13)17-11-4-2-1-3-5-11/h8,10-11H,1-7,9,15H2,(H3,16,17,18,19)/t10-/m1/s1. The minimum Gasteiger partial charge on any atom is -0.368 e. The molecule has 0 aromatic carbocycles. The maximum absolute atomic E-state index is 5.96. The lowest BCUT2D eigenvalue weighted by molar-refractivity contribution is 0.462. The number of anilines is 3. The predicted octanol–water partition coefficient (Wildman–Crippen LogP) is 1.34. The van der Waals surface area contributed by atoms with Gasteiger partial charge in [-0.3, -0.25) is 0 Å². The normalized spacial score (nSPS) is 24.1. The van der Waals surface area contributed by atoms with E-state index < -0.39 is 0 Å². The van der Waals surface area contributed by atoms with E-state index >= 15 is 0 Å². The van der Waals surface area contributed by atoms with E-state index in [1.54, 1.807) is 0 Å². The van der Waals surface area contributed by atoms with Crippen LogP contribution in [-0.4, -0.2) is 35.1 Å². The molecule has 6 heteroatoms. The fraction of sp³-hybridized carbons (Fsp3) is 0.714. The lowest BCUT2D eigenvalue weighted by atomic mass is 9.95. The quantitative estimate of drug-likeness (QED) is 0.771. The van der Waals surface area contributed by atoms with Crippen LogP contribution in [-0.2, 0) is 0 Å². The van der Waals surface area contributed by atoms with Crippen LogP contribution in [0.5, 0.6) is 0 Å². The summed E-state index contributed by atoms with van der Waals surface area (Å²) in [4.78, 5) is 10.8. The van der Waals surface area contributed by atoms with Gasteiger partial charge in [0, 0.05) is 31.2 Å². The molecule has 2 aliphatic rings. The first-order chi connectivity index (χ1) is 9.70. The second kappa shape index (κ2) is 5.83. The van der Waals surface area contributed by atoms with Gasteiger partial charge in [0.25, 0.3) is 0 Å². The number of hydrogen-bond acceptors (Lipinski definition) is 6. The largest absolute Gasteiger partial charge is 0.368 e. The maximum Gasteiger partial charge on any atom is 0.223 e. The molecule has 1 saturated heterocycles. The Labute approximate surface area is 119 Å². The topological polar surface area (TPSA) is 93.1 Å². The molecule has 20 heavy (non-hydrogen) atoms. The van der Waals surface area contributed by atoms with Gasteiger partial charge >= 0.3 is 0 Å². The number of nitrogens with one attached hydrogen (secondary N) is 1. The van der Waals surface area contributed by atoms with Gasteiger partial charge in [-0.15, -0.1) is 0 Å². The van der Waals surface area contributed by atoms with Crippen molar-refractivity contribution >= 4 is 17.6 Å². The van der Waals surface area contributed by atoms with Crippen molar-refractivity contribution in [3.05, 3.63) is 6.07 Å². The maximum atomic E-state index is 5.96. The van der Waals surface area contributed by atoms with E-state index in [0.29, 0.717) is 12.0 Å². The van der Waals surface area contributed by atoms with Gasteiger partial charge in [0.05, 0.1) is 0 Å². The Kier molecular flexibility index (Phi) is 3.91. The van der Waals surface area contributed by atoms with Gasteiger partial charge in [-0.1, -0.05) is 19.3 Å². The van der Waals surface area contributed by atoms with Gasteiger partial charge in [-0.25, -0.2) is 0 Å². The summed E-state index contributed by atoms with van der Waals surface area (Å²) < 4.78 is 0. The van der Waals surface area contributed by atoms with Gasteiger partial charge in [0.2, 0.25) is 5.95 Å². The summed E-state index contributed by atoms with van der Waals surface area (Å²) in [7, 11) is 0. The zero-order chi connectivity index (χ0) is 13.9. The molecule has 0 bridgehead atoms. The molecule has 1 saturated carbocycles. The molecule has 0 spiro atoms. The van der Waals surface area contributed by atoms with E-state index in [4.69, 9.17) is 11.5 Å². The van der Waals surface area contributed by atoms with Crippen molar-refractivity contribution in [2.75, 3.05) is 29.0 Å². The van der Waals surface area contributed by atoms with Crippen LogP contribution in [0, 0.1) is 0 Å². The number of nitrogens with two attached hydrogens (primary N) is 2. The molecule has 1 aliphatic heterocycles. The minimum atomic E-state index is 0.237. The van der Waals surface area contributed by atoms with Gasteiger partial charge in [-0.05, 0) is 19.3 Å². The second-order valence-corrected chi connectivity index (χ2v) is 5.94. The molecule has 3 rings (SSSR count). The van der Waals surface area contributed by atoms with Crippen molar-refractivity contribution in [2.24, 2.45) is 5.73 Å². The third kappa shape index (κ3) is 3.12. The Bertz CT molecular complexity index is 457. The number of rotatable bonds is 3. The summed E-state index contributed by atoms with van der Waals surface area (Å²) in [5.41, 5.74) is 11.8. The van der Waals surface area contributed by atoms with Crippen LogP contribution in [0.4, 0.5) is 17.6 Å². The lowest BCUT2D eigenvalue weighted by Crippen LogP contribution is -2.28. The Morgan fingerprint density at radius 2 is 1.95 bits per heavy atom. The summed E-state index contributed by atoms with van der Waals surface area (Å²) in [6.45, 7) is 1.79. The molecular formula is C14H24N6. The number of aromatic nitrogens is 2. The van der Waals surface area contributed by atoms with Crippen LogP contribution < -0.4 is 21.7 Å². The summed E-state index contributed by atoms with van der Waals surface area (Å²) in [6, 6.07) is 2.76. The molecule has 6 nitrogen and oxygen atoms in total. The first kappa shape index (κ1) is 13.4. The van der Waals surface area contributed by atoms with Gasteiger partial charge in [0.15, 0.2) is 0 Å². The third-order valence-corrected chi connectivity index (χ3v) is 4.24. The van der Waals surface area contributed by atoms with Crippen LogP contribution in [0.15, 0.2) is 6.07 Å². The molecule has 1 atom stereocenters. The monoisotopic (exact) mass is 276 g/mol. The van der Waals surface area contributed by atoms with Crippen molar-refractivity contribution in [2.45, 2.75) is 50.6 Å². The Hall–Kier alpha value is -1.56. The molecule has 110 valence electrons. The van der Waals surface area contributed by atoms with Crippen LogP contribution in [0.3, 0.4) is 0 Å². The predicted molar refractivity (Wildman–Crippen MR) is 81.7 cm³/mol. The first-order valence-electron chi connectivity index (χ1n) is 7.62. The highest BCUT2D eigenvalue weighted by Gasteiger charge is 2.22. The van der Waals surface area contributed by atoms with Gasteiger partial charge < -0.3 is 21.7 Å². The van der Waals surface area contributed by atoms with E-state index in [2.05, 4.69) is 20.2 Å². The number of hydrogen-bond donors (Lipinski definition) is 3. The lowest BCUT2D eigenvalue weighted by Gasteiger charge is -2.24. The second-order valence-electron chi connectivity index (χ2n) is 5.94. The van der Waals surface area contributed by atoms with Gasteiger partial charge in [0.1, 0.15) is 11.6 Å². The number of nitrogen functional groups attached to an aromatic ring is 1. The Balaban J connectivity index is 1.72. The summed E-state index contributed by atoms with van der Waals surface area (Å²) >= 11 is 0. The molecule has 0 amide bonds. The zero-order valence-electron chi connectivity index (χ0n) is 11.9. The van der Waals surface area contributed by atoms with E-state index in [1.807, 2.05) is 6.07 Å². The molecule has 1 aromatic rings. The fourth-order valence-electron chi connectivity index (χ4n) is 3.14. The van der Waals surface area contributed by atoms with Crippen LogP contribution in [0.1, 0.15) is 38.5 Å². The molecule has 5 N–H and O–H groups in total. The Morgan fingerprint density at radius 1 is 1.15 bits per heavy atom. The van der Waals surface area contributed by atoms with E-state index in [1.165, 1.54) is 32.1 Å². The summed E-state index contributed by atoms with van der Waals surface area (Å²) in [6.07, 6.45) is 7.39. The fourth-order valence-corrected chi connectivity index (χ4v) is 3.14. The van der Waals surface area contributed by atoms with E-state index in [-0.39, 0.29) is 6.04 Å². The highest BCUT2D eigenvalue weighted by Crippen LogP contribution is 2.24. The van der Waals surface area contributed by atoms with Crippen molar-refractivity contribution in [1.82, 2.24) is 9.97 Å². The van der Waals surface area contributed by atoms with E-state index in [9.17, 15) is 0 Å². The van der Waals surface area contributed by atoms with Crippen LogP contribution in [0.2, 0.25) is 0 Å². The first-order valence-corrected chi connectivity index (χ1v) is 7.62. The molecule has 2 fully saturated rings. The molecule has 2 heterocycles. The molecule has 0 radical (unpaired) electrons. The highest BCUT2D eigenvalue weighted by atomic mass is 15.2. The van der Waals surface area contributed by atoms with E-state index in [0.717, 1.165) is 31.1 Å². The average molecular weight is 276 g/mol. The van der Waals surface area contributed by atoms with Crippen molar-refractivity contribution in [1.29, 1.82) is 0 Å². The third-order valence-electron chi connectivity index (χ3n) is 4.24. The average Bonchev–Trinajstić information content (AvgIpc) is 2.86. The molecular weight excluding hydrogens is 252 g/mol. The zero-order valence-corrected chi connectivity index (χ0v) is 11.9. The molecule has 1 aliphatic carbocycles. The van der Waals surface area contributed by atoms with Crippen molar-refractivity contribution < 1.29 is 0 Å². The highest BCUT2D eigenvalue weighted by molar-refractivity contribution is 5.53. The van der Waals surface area contributed by atoms with Crippen molar-refractivity contribution in [3.63, 3.8) is 0 Å². The summed E-state index contributed by atoms with van der Waals surface area (Å²) in [5.74, 6) is 2.07. The van der Waals surface area contributed by atoms with Gasteiger partial charge in [-0.2, -0.15) is 9.97 Å². The smallest absolute Gasteiger partial charge is 0.223 e. The van der Waals surface area contributed by atoms with Crippen LogP contribution in [0.25, 0.3) is 0 Å². The Morgan fingerprint density at radius 3 is 2.65 bits per heavy atom. The summed E-state index contributed by atoms with van der Waals surface area (Å²) in [5, 5.41) is 3.51. The minimum absolute atomic E-state index is 0.237. The molecule has 1 aromatic heterocycles. The molecule has 0 unspecified atom stereocenters. The number of nitrogens with zero attached hydrogens (tertiary/aromatic N) is 3. The SMILES string of the molecule is Nc1nc(NC2CCCCC2)cc(N2CC[C@@H](N)C2)n1. The van der Waals surface area contributed by atoms with Crippen LogP contribution >= 0.6 is 0 Å².